The summed E-state index contributed by atoms with van der Waals surface area (Å²) in [5.74, 6) is 1.53. The third-order valence-corrected chi connectivity index (χ3v) is 5.07. The first-order valence-corrected chi connectivity index (χ1v) is 10.0. The van der Waals surface area contributed by atoms with Crippen LogP contribution >= 0.6 is 0 Å². The molecule has 2 rings (SSSR count). The molecule has 0 atom stereocenters. The van der Waals surface area contributed by atoms with Gasteiger partial charge in [0.15, 0.2) is 5.96 Å². The largest absolute Gasteiger partial charge is 0.469 e. The first kappa shape index (κ1) is 21.0. The van der Waals surface area contributed by atoms with Gasteiger partial charge in [0.25, 0.3) is 0 Å². The molecule has 2 aliphatic heterocycles. The number of methoxy groups -OCH3 is 1. The van der Waals surface area contributed by atoms with Crippen molar-refractivity contribution in [3.05, 3.63) is 0 Å². The zero-order valence-electron chi connectivity index (χ0n) is 16.4. The summed E-state index contributed by atoms with van der Waals surface area (Å²) in [4.78, 5) is 18.6. The molecule has 2 heterocycles. The van der Waals surface area contributed by atoms with Crippen molar-refractivity contribution < 1.29 is 19.0 Å². The zero-order chi connectivity index (χ0) is 18.6. The maximum atomic E-state index is 11.6. The summed E-state index contributed by atoms with van der Waals surface area (Å²) < 4.78 is 16.0. The van der Waals surface area contributed by atoms with Crippen LogP contribution in [0.1, 0.15) is 39.0 Å². The normalized spacial score (nSPS) is 20.2. The Balaban J connectivity index is 1.65. The molecule has 7 nitrogen and oxygen atoms in total. The molecule has 0 aliphatic carbocycles. The SMILES string of the molecule is CCNC(=NCCCOCC1CCOCC1)N1CCC(C(=O)OC)CC1. The Labute approximate surface area is 157 Å². The lowest BCUT2D eigenvalue weighted by Gasteiger charge is -2.33. The third kappa shape index (κ3) is 7.11. The van der Waals surface area contributed by atoms with Gasteiger partial charge in [-0.25, -0.2) is 0 Å². The van der Waals surface area contributed by atoms with Crippen LogP contribution in [-0.2, 0) is 19.0 Å². The van der Waals surface area contributed by atoms with Gasteiger partial charge < -0.3 is 24.4 Å². The molecule has 0 spiro atoms. The monoisotopic (exact) mass is 369 g/mol. The number of rotatable bonds is 8. The minimum atomic E-state index is -0.0896. The number of hydrogen-bond acceptors (Lipinski definition) is 5. The van der Waals surface area contributed by atoms with E-state index in [-0.39, 0.29) is 11.9 Å². The summed E-state index contributed by atoms with van der Waals surface area (Å²) in [7, 11) is 1.46. The number of nitrogens with one attached hydrogen (secondary N) is 1. The lowest BCUT2D eigenvalue weighted by atomic mass is 9.97. The van der Waals surface area contributed by atoms with Crippen molar-refractivity contribution >= 4 is 11.9 Å². The molecule has 2 aliphatic rings. The highest BCUT2D eigenvalue weighted by Gasteiger charge is 2.26. The number of guanidine groups is 1. The molecule has 0 saturated carbocycles. The molecule has 1 N–H and O–H groups in total. The van der Waals surface area contributed by atoms with E-state index in [1.165, 1.54) is 7.11 Å². The van der Waals surface area contributed by atoms with Crippen LogP contribution in [0.4, 0.5) is 0 Å². The van der Waals surface area contributed by atoms with Gasteiger partial charge in [-0.3, -0.25) is 9.79 Å². The fourth-order valence-corrected chi connectivity index (χ4v) is 3.43. The molecule has 26 heavy (non-hydrogen) atoms. The van der Waals surface area contributed by atoms with Crippen LogP contribution in [0, 0.1) is 11.8 Å². The molecule has 0 aromatic carbocycles. The van der Waals surface area contributed by atoms with Gasteiger partial charge in [-0.1, -0.05) is 0 Å². The van der Waals surface area contributed by atoms with E-state index in [1.54, 1.807) is 0 Å². The van der Waals surface area contributed by atoms with Crippen molar-refractivity contribution in [3.8, 4) is 0 Å². The van der Waals surface area contributed by atoms with Gasteiger partial charge in [0.2, 0.25) is 0 Å². The maximum absolute atomic E-state index is 11.6. The molecule has 2 fully saturated rings. The third-order valence-electron chi connectivity index (χ3n) is 5.07. The van der Waals surface area contributed by atoms with E-state index in [4.69, 9.17) is 19.2 Å². The number of carbonyl (C=O) groups excluding carboxylic acids is 1. The van der Waals surface area contributed by atoms with Gasteiger partial charge in [0, 0.05) is 52.6 Å². The molecule has 0 unspecified atom stereocenters. The standard InChI is InChI=1S/C19H35N3O4/c1-3-20-19(22-10-5-17(6-11-22)18(23)24-2)21-9-4-12-26-15-16-7-13-25-14-8-16/h16-17H,3-15H2,1-2H3,(H,20,21). The van der Waals surface area contributed by atoms with Crippen molar-refractivity contribution in [2.75, 3.05) is 59.7 Å². The quantitative estimate of drug-likeness (QED) is 0.304. The second-order valence-electron chi connectivity index (χ2n) is 7.00. The number of esters is 1. The van der Waals surface area contributed by atoms with Crippen LogP contribution in [0.5, 0.6) is 0 Å². The number of hydrogen-bond donors (Lipinski definition) is 1. The van der Waals surface area contributed by atoms with E-state index in [9.17, 15) is 4.79 Å². The summed E-state index contributed by atoms with van der Waals surface area (Å²) >= 11 is 0. The van der Waals surface area contributed by atoms with E-state index in [0.29, 0.717) is 5.92 Å². The minimum absolute atomic E-state index is 0.0257. The van der Waals surface area contributed by atoms with Crippen molar-refractivity contribution in [2.24, 2.45) is 16.8 Å². The lowest BCUT2D eigenvalue weighted by molar-refractivity contribution is -0.146. The first-order chi connectivity index (χ1) is 12.7. The summed E-state index contributed by atoms with van der Waals surface area (Å²) in [6.45, 7) is 8.70. The van der Waals surface area contributed by atoms with Crippen LogP contribution in [-0.4, -0.2) is 76.5 Å². The molecule has 2 saturated heterocycles. The maximum Gasteiger partial charge on any atom is 0.308 e. The average molecular weight is 370 g/mol. The molecule has 150 valence electrons. The van der Waals surface area contributed by atoms with Crippen molar-refractivity contribution in [1.29, 1.82) is 0 Å². The fraction of sp³-hybridized carbons (Fsp3) is 0.895. The van der Waals surface area contributed by atoms with Gasteiger partial charge in [-0.15, -0.1) is 0 Å². The molecule has 0 radical (unpaired) electrons. The highest BCUT2D eigenvalue weighted by Crippen LogP contribution is 2.18. The Morgan fingerprint density at radius 3 is 2.62 bits per heavy atom. The highest BCUT2D eigenvalue weighted by molar-refractivity contribution is 5.80. The van der Waals surface area contributed by atoms with Gasteiger partial charge in [0.05, 0.1) is 13.0 Å². The number of nitrogens with zero attached hydrogens (tertiary/aromatic N) is 2. The second kappa shape index (κ2) is 12.1. The number of piperidine rings is 1. The summed E-state index contributed by atoms with van der Waals surface area (Å²) in [6, 6.07) is 0. The van der Waals surface area contributed by atoms with Crippen LogP contribution in [0.15, 0.2) is 4.99 Å². The first-order valence-electron chi connectivity index (χ1n) is 10.0. The zero-order valence-corrected chi connectivity index (χ0v) is 16.4. The van der Waals surface area contributed by atoms with Gasteiger partial charge >= 0.3 is 5.97 Å². The Bertz CT molecular complexity index is 431. The Morgan fingerprint density at radius 2 is 1.96 bits per heavy atom. The van der Waals surface area contributed by atoms with Gasteiger partial charge in [0.1, 0.15) is 0 Å². The summed E-state index contributed by atoms with van der Waals surface area (Å²) in [6.07, 6.45) is 4.81. The average Bonchev–Trinajstić information content (AvgIpc) is 2.70. The molecule has 0 aromatic heterocycles. The van der Waals surface area contributed by atoms with Gasteiger partial charge in [-0.05, 0) is 44.9 Å². The molecular formula is C19H35N3O4. The summed E-state index contributed by atoms with van der Waals surface area (Å²) in [5, 5.41) is 3.36. The highest BCUT2D eigenvalue weighted by atomic mass is 16.5. The predicted octanol–water partition coefficient (Wildman–Crippen LogP) is 1.67. The van der Waals surface area contributed by atoms with Crippen LogP contribution in [0.2, 0.25) is 0 Å². The van der Waals surface area contributed by atoms with Gasteiger partial charge in [-0.2, -0.15) is 0 Å². The molecule has 7 heteroatoms. The van der Waals surface area contributed by atoms with E-state index >= 15 is 0 Å². The van der Waals surface area contributed by atoms with E-state index in [0.717, 1.165) is 90.7 Å². The topological polar surface area (TPSA) is 72.4 Å². The minimum Gasteiger partial charge on any atom is -0.469 e. The van der Waals surface area contributed by atoms with Crippen molar-refractivity contribution in [3.63, 3.8) is 0 Å². The Hall–Kier alpha value is -1.34. The number of likely N-dealkylation sites (tertiary alicyclic amines) is 1. The number of carbonyl (C=O) groups is 1. The van der Waals surface area contributed by atoms with Crippen molar-refractivity contribution in [1.82, 2.24) is 10.2 Å². The van der Waals surface area contributed by atoms with Crippen LogP contribution < -0.4 is 5.32 Å². The molecule has 0 bridgehead atoms. The molecular weight excluding hydrogens is 334 g/mol. The van der Waals surface area contributed by atoms with E-state index in [2.05, 4.69) is 17.1 Å². The molecule has 0 aromatic rings. The number of ether oxygens (including phenoxy) is 3. The van der Waals surface area contributed by atoms with E-state index in [1.807, 2.05) is 0 Å². The lowest BCUT2D eigenvalue weighted by Crippen LogP contribution is -2.46. The Kier molecular flexibility index (Phi) is 9.77. The van der Waals surface area contributed by atoms with Crippen LogP contribution in [0.3, 0.4) is 0 Å². The fourth-order valence-electron chi connectivity index (χ4n) is 3.43. The molecule has 0 amide bonds. The smallest absolute Gasteiger partial charge is 0.308 e. The van der Waals surface area contributed by atoms with Crippen LogP contribution in [0.25, 0.3) is 0 Å². The van der Waals surface area contributed by atoms with E-state index < -0.39 is 0 Å². The number of aliphatic imine (C=N–C) groups is 1. The summed E-state index contributed by atoms with van der Waals surface area (Å²) in [5.41, 5.74) is 0. The van der Waals surface area contributed by atoms with Crippen molar-refractivity contribution in [2.45, 2.75) is 39.0 Å². The predicted molar refractivity (Wildman–Crippen MR) is 101 cm³/mol. The second-order valence-corrected chi connectivity index (χ2v) is 7.00. The Morgan fingerprint density at radius 1 is 1.23 bits per heavy atom.